The van der Waals surface area contributed by atoms with Crippen molar-refractivity contribution in [1.29, 1.82) is 0 Å². The molecule has 2 aromatic heterocycles. The maximum Gasteiger partial charge on any atom is 0.268 e. The van der Waals surface area contributed by atoms with E-state index in [-0.39, 0.29) is 11.9 Å². The fourth-order valence-electron chi connectivity index (χ4n) is 3.57. The third-order valence-corrected chi connectivity index (χ3v) is 4.72. The molecule has 0 saturated carbocycles. The molecule has 0 spiro atoms. The van der Waals surface area contributed by atoms with Gasteiger partial charge in [-0.1, -0.05) is 6.07 Å². The van der Waals surface area contributed by atoms with Crippen LogP contribution < -0.4 is 5.32 Å². The molecule has 0 aromatic carbocycles. The summed E-state index contributed by atoms with van der Waals surface area (Å²) in [5.41, 5.74) is 1.77. The average molecular weight is 341 g/mol. The van der Waals surface area contributed by atoms with Crippen LogP contribution in [0, 0.1) is 5.92 Å². The molecule has 6 heteroatoms. The van der Waals surface area contributed by atoms with Gasteiger partial charge < -0.3 is 14.8 Å². The van der Waals surface area contributed by atoms with Crippen LogP contribution in [0.4, 0.5) is 0 Å². The van der Waals surface area contributed by atoms with Crippen LogP contribution in [0.25, 0.3) is 0 Å². The monoisotopic (exact) mass is 341 g/mol. The first-order valence-electron chi connectivity index (χ1n) is 8.72. The molecule has 3 rings (SSSR count). The summed E-state index contributed by atoms with van der Waals surface area (Å²) in [6.07, 6.45) is 3.73. The van der Waals surface area contributed by atoms with Crippen molar-refractivity contribution < 1.29 is 4.79 Å². The lowest BCUT2D eigenvalue weighted by Crippen LogP contribution is -2.43. The number of likely N-dealkylation sites (tertiary alicyclic amines) is 1. The summed E-state index contributed by atoms with van der Waals surface area (Å²) in [5.74, 6) is 0.406. The van der Waals surface area contributed by atoms with Gasteiger partial charge in [0.05, 0.1) is 5.69 Å². The lowest BCUT2D eigenvalue weighted by molar-refractivity contribution is 0.0918. The van der Waals surface area contributed by atoms with Crippen LogP contribution in [0.15, 0.2) is 42.7 Å². The Labute approximate surface area is 149 Å². The third kappa shape index (κ3) is 4.46. The molecule has 0 radical (unpaired) electrons. The SMILES string of the molecule is CN(C)C[C@@H]1CN(Cc2ccccn2)C[C@H]1NC(=O)c1cccn1C. The van der Waals surface area contributed by atoms with Crippen LogP contribution in [0.1, 0.15) is 16.2 Å². The standard InChI is InChI=1S/C19H27N5O/c1-22(2)11-15-12-24(13-16-7-4-5-9-20-16)14-17(15)21-19(25)18-8-6-10-23(18)3/h4-10,15,17H,11-14H2,1-3H3,(H,21,25)/t15-,17-/m1/s1. The molecule has 0 unspecified atom stereocenters. The summed E-state index contributed by atoms with van der Waals surface area (Å²) in [4.78, 5) is 21.6. The number of carbonyl (C=O) groups is 1. The molecule has 6 nitrogen and oxygen atoms in total. The first kappa shape index (κ1) is 17.6. The van der Waals surface area contributed by atoms with E-state index in [1.54, 1.807) is 0 Å². The predicted octanol–water partition coefficient (Wildman–Crippen LogP) is 1.21. The van der Waals surface area contributed by atoms with Crippen molar-refractivity contribution in [3.63, 3.8) is 0 Å². The van der Waals surface area contributed by atoms with Gasteiger partial charge in [0.25, 0.3) is 5.91 Å². The Hall–Kier alpha value is -2.18. The van der Waals surface area contributed by atoms with E-state index in [1.165, 1.54) is 0 Å². The number of amides is 1. The van der Waals surface area contributed by atoms with E-state index >= 15 is 0 Å². The second-order valence-corrected chi connectivity index (χ2v) is 7.12. The fraction of sp³-hybridized carbons (Fsp3) is 0.474. The minimum atomic E-state index is 0.000872. The summed E-state index contributed by atoms with van der Waals surface area (Å²) < 4.78 is 1.86. The number of aryl methyl sites for hydroxylation is 1. The molecular formula is C19H27N5O. The third-order valence-electron chi connectivity index (χ3n) is 4.72. The highest BCUT2D eigenvalue weighted by molar-refractivity contribution is 5.92. The van der Waals surface area contributed by atoms with E-state index in [1.807, 2.05) is 48.3 Å². The summed E-state index contributed by atoms with van der Waals surface area (Å²) in [6, 6.07) is 9.91. The van der Waals surface area contributed by atoms with Gasteiger partial charge in [-0.2, -0.15) is 0 Å². The van der Waals surface area contributed by atoms with Crippen LogP contribution in [0.2, 0.25) is 0 Å². The number of rotatable bonds is 6. The molecule has 1 N–H and O–H groups in total. The Kier molecular flexibility index (Phi) is 5.50. The van der Waals surface area contributed by atoms with E-state index < -0.39 is 0 Å². The van der Waals surface area contributed by atoms with Crippen molar-refractivity contribution in [2.45, 2.75) is 12.6 Å². The minimum Gasteiger partial charge on any atom is -0.347 e. The van der Waals surface area contributed by atoms with E-state index in [0.717, 1.165) is 31.9 Å². The highest BCUT2D eigenvalue weighted by Crippen LogP contribution is 2.20. The summed E-state index contributed by atoms with van der Waals surface area (Å²) in [5, 5.41) is 3.24. The van der Waals surface area contributed by atoms with Crippen molar-refractivity contribution >= 4 is 5.91 Å². The van der Waals surface area contributed by atoms with Gasteiger partial charge in [0.1, 0.15) is 5.69 Å². The lowest BCUT2D eigenvalue weighted by Gasteiger charge is -2.23. The number of carbonyl (C=O) groups excluding carboxylic acids is 1. The molecule has 1 amide bonds. The maximum atomic E-state index is 12.6. The normalized spacial score (nSPS) is 21.0. The van der Waals surface area contributed by atoms with Crippen LogP contribution in [0.3, 0.4) is 0 Å². The molecule has 1 saturated heterocycles. The minimum absolute atomic E-state index is 0.000872. The van der Waals surface area contributed by atoms with Gasteiger partial charge in [0.2, 0.25) is 0 Å². The molecule has 3 heterocycles. The van der Waals surface area contributed by atoms with E-state index in [4.69, 9.17) is 0 Å². The highest BCUT2D eigenvalue weighted by Gasteiger charge is 2.34. The van der Waals surface area contributed by atoms with E-state index in [2.05, 4.69) is 40.3 Å². The van der Waals surface area contributed by atoms with E-state index in [9.17, 15) is 4.79 Å². The quantitative estimate of drug-likeness (QED) is 0.858. The number of hydrogen-bond donors (Lipinski definition) is 1. The van der Waals surface area contributed by atoms with Gasteiger partial charge in [0, 0.05) is 57.6 Å². The molecule has 1 fully saturated rings. The molecule has 134 valence electrons. The maximum absolute atomic E-state index is 12.6. The Bertz CT molecular complexity index is 697. The van der Waals surface area contributed by atoms with Gasteiger partial charge in [-0.3, -0.25) is 14.7 Å². The van der Waals surface area contributed by atoms with Crippen LogP contribution in [-0.4, -0.2) is 65.0 Å². The van der Waals surface area contributed by atoms with Crippen molar-refractivity contribution in [3.8, 4) is 0 Å². The summed E-state index contributed by atoms with van der Waals surface area (Å²) >= 11 is 0. The zero-order chi connectivity index (χ0) is 17.8. The van der Waals surface area contributed by atoms with Crippen molar-refractivity contribution in [3.05, 3.63) is 54.1 Å². The summed E-state index contributed by atoms with van der Waals surface area (Å²) in [7, 11) is 6.06. The zero-order valence-electron chi connectivity index (χ0n) is 15.2. The van der Waals surface area contributed by atoms with E-state index in [0.29, 0.717) is 11.6 Å². The number of pyridine rings is 1. The van der Waals surface area contributed by atoms with Gasteiger partial charge in [-0.05, 0) is 38.4 Å². The van der Waals surface area contributed by atoms with Crippen LogP contribution in [0.5, 0.6) is 0 Å². The second-order valence-electron chi connectivity index (χ2n) is 7.12. The van der Waals surface area contributed by atoms with Crippen LogP contribution in [-0.2, 0) is 13.6 Å². The van der Waals surface area contributed by atoms with Crippen LogP contribution >= 0.6 is 0 Å². The molecule has 0 bridgehead atoms. The smallest absolute Gasteiger partial charge is 0.268 e. The van der Waals surface area contributed by atoms with Gasteiger partial charge in [0.15, 0.2) is 0 Å². The van der Waals surface area contributed by atoms with Gasteiger partial charge >= 0.3 is 0 Å². The Morgan fingerprint density at radius 2 is 2.12 bits per heavy atom. The zero-order valence-corrected chi connectivity index (χ0v) is 15.2. The first-order valence-corrected chi connectivity index (χ1v) is 8.72. The van der Waals surface area contributed by atoms with Crippen molar-refractivity contribution in [2.75, 3.05) is 33.7 Å². The average Bonchev–Trinajstić information content (AvgIpc) is 3.14. The molecule has 1 aliphatic heterocycles. The Morgan fingerprint density at radius 3 is 2.76 bits per heavy atom. The van der Waals surface area contributed by atoms with Gasteiger partial charge in [-0.25, -0.2) is 0 Å². The Morgan fingerprint density at radius 1 is 1.28 bits per heavy atom. The number of aromatic nitrogens is 2. The number of hydrogen-bond acceptors (Lipinski definition) is 4. The second kappa shape index (κ2) is 7.80. The molecule has 2 atom stereocenters. The number of nitrogens with one attached hydrogen (secondary N) is 1. The fourth-order valence-corrected chi connectivity index (χ4v) is 3.57. The predicted molar refractivity (Wildman–Crippen MR) is 98.2 cm³/mol. The Balaban J connectivity index is 1.67. The molecule has 2 aromatic rings. The molecule has 25 heavy (non-hydrogen) atoms. The first-order chi connectivity index (χ1) is 12.0. The number of nitrogens with zero attached hydrogens (tertiary/aromatic N) is 4. The molecule has 0 aliphatic carbocycles. The molecule has 1 aliphatic rings. The largest absolute Gasteiger partial charge is 0.347 e. The lowest BCUT2D eigenvalue weighted by atomic mass is 10.0. The van der Waals surface area contributed by atoms with Crippen molar-refractivity contribution in [1.82, 2.24) is 24.7 Å². The van der Waals surface area contributed by atoms with Crippen molar-refractivity contribution in [2.24, 2.45) is 13.0 Å². The summed E-state index contributed by atoms with van der Waals surface area (Å²) in [6.45, 7) is 3.59. The molecular weight excluding hydrogens is 314 g/mol. The topological polar surface area (TPSA) is 53.4 Å². The highest BCUT2D eigenvalue weighted by atomic mass is 16.2. The van der Waals surface area contributed by atoms with Gasteiger partial charge in [-0.15, -0.1) is 0 Å².